The quantitative estimate of drug-likeness (QED) is 0.271. The molecule has 4 rings (SSSR count). The lowest BCUT2D eigenvalue weighted by molar-refractivity contribution is -0.137. The number of Topliss-reactive ketones (excluding diaryl/α,β-unsaturated/α-hetero) is 1. The van der Waals surface area contributed by atoms with Crippen molar-refractivity contribution in [3.8, 4) is 11.8 Å². The predicted octanol–water partition coefficient (Wildman–Crippen LogP) is 4.96. The van der Waals surface area contributed by atoms with Gasteiger partial charge in [0.05, 0.1) is 47.2 Å². The lowest BCUT2D eigenvalue weighted by Gasteiger charge is -2.33. The Labute approximate surface area is 250 Å². The molecular formula is C29H26F3N5O6S. The standard InChI is InChI=1S/C29H26F3N5O6S/c1-4-5-13-43-28(40)35-44(41,42)23-16-34-37(21-11-9-19(15-33)10-12-21)25(23)24-18(3)36(27(39)17(2)26(24)38)22-8-6-7-20(14-22)29(30,31)32/h6-12,14,16-17H,4-5,13H2,1-3H3,(H,35,40). The number of nitriles is 1. The van der Waals surface area contributed by atoms with Crippen LogP contribution in [0.1, 0.15) is 50.4 Å². The van der Waals surface area contributed by atoms with Crippen LogP contribution >= 0.6 is 0 Å². The number of rotatable bonds is 8. The van der Waals surface area contributed by atoms with E-state index < -0.39 is 50.4 Å². The number of aromatic nitrogens is 2. The van der Waals surface area contributed by atoms with Crippen LogP contribution in [0.4, 0.5) is 23.7 Å². The van der Waals surface area contributed by atoms with Gasteiger partial charge in [-0.25, -0.2) is 22.6 Å². The fourth-order valence-corrected chi connectivity index (χ4v) is 5.56. The summed E-state index contributed by atoms with van der Waals surface area (Å²) in [6, 6.07) is 11.6. The summed E-state index contributed by atoms with van der Waals surface area (Å²) in [6.45, 7) is 4.32. The molecule has 1 aliphatic rings. The number of alkyl halides is 3. The highest BCUT2D eigenvalue weighted by Crippen LogP contribution is 2.39. The highest BCUT2D eigenvalue weighted by atomic mass is 32.2. The van der Waals surface area contributed by atoms with Crippen molar-refractivity contribution in [3.63, 3.8) is 0 Å². The number of hydrogen-bond donors (Lipinski definition) is 1. The van der Waals surface area contributed by atoms with Gasteiger partial charge in [0.2, 0.25) is 5.91 Å². The van der Waals surface area contributed by atoms with E-state index in [9.17, 15) is 41.2 Å². The number of anilines is 1. The lowest BCUT2D eigenvalue weighted by atomic mass is 9.89. The average molecular weight is 630 g/mol. The maximum atomic E-state index is 13.7. The van der Waals surface area contributed by atoms with Crippen molar-refractivity contribution >= 4 is 39.1 Å². The predicted molar refractivity (Wildman–Crippen MR) is 151 cm³/mol. The Kier molecular flexibility index (Phi) is 8.96. The summed E-state index contributed by atoms with van der Waals surface area (Å²) in [5, 5.41) is 13.3. The van der Waals surface area contributed by atoms with E-state index in [-0.39, 0.29) is 40.5 Å². The number of halogens is 3. The minimum Gasteiger partial charge on any atom is -0.449 e. The van der Waals surface area contributed by atoms with Crippen LogP contribution in [-0.4, -0.2) is 42.6 Å². The molecule has 0 fully saturated rings. The molecule has 0 saturated carbocycles. The van der Waals surface area contributed by atoms with E-state index in [1.807, 2.05) is 13.0 Å². The van der Waals surface area contributed by atoms with Gasteiger partial charge >= 0.3 is 12.3 Å². The largest absolute Gasteiger partial charge is 0.449 e. The summed E-state index contributed by atoms with van der Waals surface area (Å²) >= 11 is 0. The SMILES string of the molecule is CCCCOC(=O)NS(=O)(=O)c1cnn(-c2ccc(C#N)cc2)c1C1=C(C)N(c2cccc(C(F)(F)F)c2)C(=O)C(C)C1=O. The number of ether oxygens (including phenoxy) is 1. The molecule has 3 aromatic rings. The van der Waals surface area contributed by atoms with E-state index in [0.717, 1.165) is 34.0 Å². The van der Waals surface area contributed by atoms with Crippen LogP contribution < -0.4 is 9.62 Å². The lowest BCUT2D eigenvalue weighted by Crippen LogP contribution is -2.43. The van der Waals surface area contributed by atoms with Crippen molar-refractivity contribution in [1.82, 2.24) is 14.5 Å². The fraction of sp³-hybridized carbons (Fsp3) is 0.276. The Morgan fingerprint density at radius 3 is 2.43 bits per heavy atom. The molecule has 2 amide bonds. The molecule has 15 heteroatoms. The van der Waals surface area contributed by atoms with Gasteiger partial charge in [-0.1, -0.05) is 19.4 Å². The van der Waals surface area contributed by atoms with Gasteiger partial charge in [-0.05, 0) is 62.7 Å². The number of allylic oxidation sites excluding steroid dienone is 2. The summed E-state index contributed by atoms with van der Waals surface area (Å²) in [5.41, 5.74) is -1.64. The number of nitrogens with one attached hydrogen (secondary N) is 1. The highest BCUT2D eigenvalue weighted by molar-refractivity contribution is 7.90. The Morgan fingerprint density at radius 1 is 1.14 bits per heavy atom. The smallest absolute Gasteiger partial charge is 0.421 e. The topological polar surface area (TPSA) is 151 Å². The number of amides is 2. The summed E-state index contributed by atoms with van der Waals surface area (Å²) in [4.78, 5) is 39.7. The van der Waals surface area contributed by atoms with Crippen LogP contribution in [0.3, 0.4) is 0 Å². The van der Waals surface area contributed by atoms with Crippen LogP contribution in [0.25, 0.3) is 11.3 Å². The van der Waals surface area contributed by atoms with Gasteiger partial charge in [-0.2, -0.15) is 23.5 Å². The minimum atomic E-state index is -4.76. The Balaban J connectivity index is 1.97. The molecule has 1 aliphatic heterocycles. The normalized spacial score (nSPS) is 15.8. The minimum absolute atomic E-state index is 0.0520. The first-order valence-electron chi connectivity index (χ1n) is 13.3. The zero-order valence-electron chi connectivity index (χ0n) is 23.7. The molecule has 1 N–H and O–H groups in total. The molecule has 2 aromatic carbocycles. The van der Waals surface area contributed by atoms with Crippen molar-refractivity contribution in [2.45, 2.75) is 44.7 Å². The third-order valence-corrected chi connectivity index (χ3v) is 8.12. The molecule has 0 aliphatic carbocycles. The van der Waals surface area contributed by atoms with E-state index in [1.54, 1.807) is 4.72 Å². The molecule has 0 bridgehead atoms. The number of nitrogens with zero attached hydrogens (tertiary/aromatic N) is 4. The highest BCUT2D eigenvalue weighted by Gasteiger charge is 2.42. The maximum absolute atomic E-state index is 13.7. The molecule has 44 heavy (non-hydrogen) atoms. The van der Waals surface area contributed by atoms with E-state index in [0.29, 0.717) is 12.8 Å². The molecule has 1 unspecified atom stereocenters. The number of unbranched alkanes of at least 4 members (excludes halogenated alkanes) is 1. The Bertz CT molecular complexity index is 1810. The first-order chi connectivity index (χ1) is 20.7. The monoisotopic (exact) mass is 629 g/mol. The summed E-state index contributed by atoms with van der Waals surface area (Å²) in [7, 11) is -4.76. The van der Waals surface area contributed by atoms with Gasteiger partial charge in [-0.15, -0.1) is 0 Å². The van der Waals surface area contributed by atoms with E-state index in [4.69, 9.17) is 4.74 Å². The fourth-order valence-electron chi connectivity index (χ4n) is 4.54. The Hall–Kier alpha value is -4.97. The van der Waals surface area contributed by atoms with Crippen molar-refractivity contribution in [1.29, 1.82) is 5.26 Å². The number of carbonyl (C=O) groups excluding carboxylic acids is 3. The van der Waals surface area contributed by atoms with Crippen LogP contribution in [-0.2, 0) is 30.5 Å². The first kappa shape index (κ1) is 32.0. The molecule has 0 saturated heterocycles. The molecule has 1 aromatic heterocycles. The number of hydrogen-bond acceptors (Lipinski definition) is 8. The molecular weight excluding hydrogens is 603 g/mol. The summed E-state index contributed by atoms with van der Waals surface area (Å²) < 4.78 is 75.4. The average Bonchev–Trinajstić information content (AvgIpc) is 3.41. The third kappa shape index (κ3) is 6.20. The zero-order chi connectivity index (χ0) is 32.4. The molecule has 11 nitrogen and oxygen atoms in total. The summed E-state index contributed by atoms with van der Waals surface area (Å²) in [6.07, 6.45) is -3.96. The van der Waals surface area contributed by atoms with Crippen LogP contribution in [0, 0.1) is 17.2 Å². The van der Waals surface area contributed by atoms with Gasteiger partial charge in [0.1, 0.15) is 10.6 Å². The van der Waals surface area contributed by atoms with Gasteiger partial charge in [0.25, 0.3) is 10.0 Å². The second-order valence-electron chi connectivity index (χ2n) is 9.79. The van der Waals surface area contributed by atoms with Gasteiger partial charge in [0.15, 0.2) is 5.78 Å². The molecule has 0 radical (unpaired) electrons. The molecule has 2 heterocycles. The van der Waals surface area contributed by atoms with Crippen molar-refractivity contribution in [2.24, 2.45) is 5.92 Å². The first-order valence-corrected chi connectivity index (χ1v) is 14.7. The van der Waals surface area contributed by atoms with Gasteiger partial charge in [0, 0.05) is 11.4 Å². The number of carbonyl (C=O) groups is 3. The van der Waals surface area contributed by atoms with Crippen LogP contribution in [0.15, 0.2) is 65.3 Å². The number of ketones is 1. The van der Waals surface area contributed by atoms with Crippen molar-refractivity contribution in [3.05, 3.63) is 77.2 Å². The van der Waals surface area contributed by atoms with Crippen molar-refractivity contribution < 1.29 is 40.7 Å². The van der Waals surface area contributed by atoms with Crippen molar-refractivity contribution in [2.75, 3.05) is 11.5 Å². The van der Waals surface area contributed by atoms with Crippen LogP contribution in [0.2, 0.25) is 0 Å². The van der Waals surface area contributed by atoms with Gasteiger partial charge < -0.3 is 4.74 Å². The summed E-state index contributed by atoms with van der Waals surface area (Å²) in [5.74, 6) is -3.09. The van der Waals surface area contributed by atoms with E-state index in [2.05, 4.69) is 5.10 Å². The van der Waals surface area contributed by atoms with E-state index >= 15 is 0 Å². The van der Waals surface area contributed by atoms with E-state index in [1.165, 1.54) is 44.2 Å². The molecule has 1 atom stereocenters. The maximum Gasteiger partial charge on any atom is 0.421 e. The molecule has 230 valence electrons. The number of benzene rings is 2. The van der Waals surface area contributed by atoms with Crippen LogP contribution in [0.5, 0.6) is 0 Å². The Morgan fingerprint density at radius 2 is 1.82 bits per heavy atom. The van der Waals surface area contributed by atoms with Gasteiger partial charge in [-0.3, -0.25) is 14.5 Å². The number of sulfonamides is 1. The zero-order valence-corrected chi connectivity index (χ0v) is 24.5. The third-order valence-electron chi connectivity index (χ3n) is 6.81. The second kappa shape index (κ2) is 12.3. The second-order valence-corrected chi connectivity index (χ2v) is 11.4. The molecule has 0 spiro atoms.